The van der Waals surface area contributed by atoms with Gasteiger partial charge in [0.05, 0.1) is 28.3 Å². The Bertz CT molecular complexity index is 1260. The third kappa shape index (κ3) is 3.76. The summed E-state index contributed by atoms with van der Waals surface area (Å²) >= 11 is 0. The summed E-state index contributed by atoms with van der Waals surface area (Å²) in [6.07, 6.45) is 3.99. The van der Waals surface area contributed by atoms with E-state index in [9.17, 15) is 9.59 Å². The van der Waals surface area contributed by atoms with Crippen molar-refractivity contribution in [3.05, 3.63) is 53.1 Å². The normalized spacial score (nSPS) is 11.2. The van der Waals surface area contributed by atoms with Crippen LogP contribution < -0.4 is 10.9 Å². The minimum absolute atomic E-state index is 0.0162. The van der Waals surface area contributed by atoms with Gasteiger partial charge in [0.1, 0.15) is 0 Å². The Labute approximate surface area is 167 Å². The fraction of sp³-hybridized carbons (Fsp3) is 0.273. The molecule has 0 saturated heterocycles. The highest BCUT2D eigenvalue weighted by Crippen LogP contribution is 2.26. The number of aromatic nitrogens is 4. The van der Waals surface area contributed by atoms with E-state index in [0.717, 1.165) is 35.0 Å². The van der Waals surface area contributed by atoms with Crippen molar-refractivity contribution in [2.45, 2.75) is 39.7 Å². The van der Waals surface area contributed by atoms with Crippen LogP contribution in [0.4, 0.5) is 5.95 Å². The van der Waals surface area contributed by atoms with E-state index in [2.05, 4.69) is 27.2 Å². The molecule has 4 rings (SSSR count). The average molecular weight is 389 g/mol. The second-order valence-corrected chi connectivity index (χ2v) is 7.05. The molecule has 2 aromatic carbocycles. The highest BCUT2D eigenvalue weighted by atomic mass is 16.1. The first kappa shape index (κ1) is 18.9. The van der Waals surface area contributed by atoms with E-state index in [1.165, 1.54) is 0 Å². The molecule has 4 aromatic rings. The van der Waals surface area contributed by atoms with Crippen LogP contribution in [-0.4, -0.2) is 25.4 Å². The molecule has 2 heterocycles. The van der Waals surface area contributed by atoms with Crippen LogP contribution >= 0.6 is 0 Å². The Hall–Kier alpha value is -3.48. The lowest BCUT2D eigenvalue weighted by atomic mass is 10.0. The Morgan fingerprint density at radius 1 is 1.10 bits per heavy atom. The van der Waals surface area contributed by atoms with Crippen LogP contribution in [0.3, 0.4) is 0 Å². The van der Waals surface area contributed by atoms with E-state index < -0.39 is 0 Å². The standard InChI is InChI=1S/C22H23N5O2/c1-3-5-10-27-13-23-17-8-6-14(11-16(17)21(27)29)15-7-9-18-19(12-15)25-22(24-18)26-20(28)4-2/h6-9,11-13H,3-5,10H2,1-2H3,(H2,24,25,26,28). The number of rotatable bonds is 6. The van der Waals surface area contributed by atoms with Crippen molar-refractivity contribution in [1.29, 1.82) is 0 Å². The van der Waals surface area contributed by atoms with Crippen LogP contribution in [0.15, 0.2) is 47.5 Å². The minimum atomic E-state index is -0.0920. The van der Waals surface area contributed by atoms with E-state index in [1.54, 1.807) is 17.8 Å². The Morgan fingerprint density at radius 3 is 2.62 bits per heavy atom. The molecule has 0 aliphatic heterocycles. The highest BCUT2D eigenvalue weighted by Gasteiger charge is 2.09. The number of unbranched alkanes of at least 4 members (excludes halogenated alkanes) is 1. The van der Waals surface area contributed by atoms with Crippen LogP contribution in [0.1, 0.15) is 33.1 Å². The van der Waals surface area contributed by atoms with Gasteiger partial charge in [0.2, 0.25) is 11.9 Å². The smallest absolute Gasteiger partial charge is 0.261 e. The van der Waals surface area contributed by atoms with Gasteiger partial charge < -0.3 is 4.98 Å². The number of fused-ring (bicyclic) bond motifs is 2. The molecule has 148 valence electrons. The van der Waals surface area contributed by atoms with Gasteiger partial charge in [-0.15, -0.1) is 0 Å². The van der Waals surface area contributed by atoms with Crippen molar-refractivity contribution in [2.24, 2.45) is 0 Å². The topological polar surface area (TPSA) is 92.7 Å². The van der Waals surface area contributed by atoms with Gasteiger partial charge in [0.15, 0.2) is 0 Å². The van der Waals surface area contributed by atoms with Gasteiger partial charge in [-0.2, -0.15) is 0 Å². The lowest BCUT2D eigenvalue weighted by Crippen LogP contribution is -2.20. The number of H-pyrrole nitrogens is 1. The summed E-state index contributed by atoms with van der Waals surface area (Å²) in [5.41, 5.74) is 4.15. The van der Waals surface area contributed by atoms with Gasteiger partial charge >= 0.3 is 0 Å². The molecule has 0 aliphatic rings. The van der Waals surface area contributed by atoms with Gasteiger partial charge in [-0.1, -0.05) is 32.4 Å². The monoisotopic (exact) mass is 389 g/mol. The van der Waals surface area contributed by atoms with Gasteiger partial charge in [0, 0.05) is 13.0 Å². The molecule has 7 heteroatoms. The molecule has 0 radical (unpaired) electrons. The number of benzene rings is 2. The first-order valence-corrected chi connectivity index (χ1v) is 9.88. The van der Waals surface area contributed by atoms with Crippen molar-refractivity contribution in [1.82, 2.24) is 19.5 Å². The number of anilines is 1. The largest absolute Gasteiger partial charge is 0.324 e. The second-order valence-electron chi connectivity index (χ2n) is 7.05. The molecule has 2 aromatic heterocycles. The van der Waals surface area contributed by atoms with Crippen molar-refractivity contribution < 1.29 is 4.79 Å². The molecule has 0 bridgehead atoms. The second kappa shape index (κ2) is 7.87. The number of carbonyl (C=O) groups excluding carboxylic acids is 1. The van der Waals surface area contributed by atoms with E-state index >= 15 is 0 Å². The van der Waals surface area contributed by atoms with E-state index in [-0.39, 0.29) is 11.5 Å². The van der Waals surface area contributed by atoms with Crippen molar-refractivity contribution in [2.75, 3.05) is 5.32 Å². The first-order chi connectivity index (χ1) is 14.1. The van der Waals surface area contributed by atoms with Gasteiger partial charge in [-0.3, -0.25) is 19.5 Å². The van der Waals surface area contributed by atoms with Crippen LogP contribution in [0.2, 0.25) is 0 Å². The molecule has 29 heavy (non-hydrogen) atoms. The predicted octanol–water partition coefficient (Wildman–Crippen LogP) is 4.09. The predicted molar refractivity (Wildman–Crippen MR) is 115 cm³/mol. The Kier molecular flexibility index (Phi) is 5.12. The van der Waals surface area contributed by atoms with Crippen LogP contribution in [0, 0.1) is 0 Å². The van der Waals surface area contributed by atoms with Crippen molar-refractivity contribution in [3.8, 4) is 11.1 Å². The molecule has 2 N–H and O–H groups in total. The lowest BCUT2D eigenvalue weighted by Gasteiger charge is -2.07. The molecule has 0 saturated carbocycles. The zero-order valence-corrected chi connectivity index (χ0v) is 16.5. The van der Waals surface area contributed by atoms with Crippen molar-refractivity contribution >= 4 is 33.8 Å². The summed E-state index contributed by atoms with van der Waals surface area (Å²) in [6, 6.07) is 11.6. The Morgan fingerprint density at radius 2 is 1.86 bits per heavy atom. The summed E-state index contributed by atoms with van der Waals surface area (Å²) in [5, 5.41) is 3.35. The van der Waals surface area contributed by atoms with E-state index in [4.69, 9.17) is 0 Å². The number of aryl methyl sites for hydroxylation is 1. The summed E-state index contributed by atoms with van der Waals surface area (Å²) < 4.78 is 1.68. The fourth-order valence-electron chi connectivity index (χ4n) is 3.30. The lowest BCUT2D eigenvalue weighted by molar-refractivity contribution is -0.115. The molecule has 1 amide bonds. The summed E-state index contributed by atoms with van der Waals surface area (Å²) in [6.45, 7) is 4.57. The molecule has 0 aliphatic carbocycles. The maximum absolute atomic E-state index is 12.8. The number of hydrogen-bond donors (Lipinski definition) is 2. The maximum atomic E-state index is 12.8. The number of hydrogen-bond acceptors (Lipinski definition) is 4. The van der Waals surface area contributed by atoms with Crippen molar-refractivity contribution in [3.63, 3.8) is 0 Å². The zero-order chi connectivity index (χ0) is 20.4. The van der Waals surface area contributed by atoms with Gasteiger partial charge in [0.25, 0.3) is 5.56 Å². The zero-order valence-electron chi connectivity index (χ0n) is 16.5. The van der Waals surface area contributed by atoms with Crippen LogP contribution in [0.5, 0.6) is 0 Å². The third-order valence-electron chi connectivity index (χ3n) is 4.97. The van der Waals surface area contributed by atoms with Gasteiger partial charge in [-0.05, 0) is 41.8 Å². The molecule has 0 atom stereocenters. The van der Waals surface area contributed by atoms with Crippen LogP contribution in [-0.2, 0) is 11.3 Å². The van der Waals surface area contributed by atoms with E-state index in [1.807, 2.05) is 36.4 Å². The van der Waals surface area contributed by atoms with Gasteiger partial charge in [-0.25, -0.2) is 9.97 Å². The minimum Gasteiger partial charge on any atom is -0.324 e. The Balaban J connectivity index is 1.73. The molecular weight excluding hydrogens is 366 g/mol. The number of amides is 1. The fourth-order valence-corrected chi connectivity index (χ4v) is 3.30. The summed E-state index contributed by atoms with van der Waals surface area (Å²) in [7, 11) is 0. The average Bonchev–Trinajstić information content (AvgIpc) is 3.14. The number of nitrogens with one attached hydrogen (secondary N) is 2. The molecule has 7 nitrogen and oxygen atoms in total. The summed E-state index contributed by atoms with van der Waals surface area (Å²) in [5.74, 6) is 0.344. The number of aromatic amines is 1. The SMILES string of the molecule is CCCCn1cnc2ccc(-c3ccc4nc(NC(=O)CC)[nH]c4c3)cc2c1=O. The van der Waals surface area contributed by atoms with E-state index in [0.29, 0.717) is 29.8 Å². The number of nitrogens with zero attached hydrogens (tertiary/aromatic N) is 3. The third-order valence-corrected chi connectivity index (χ3v) is 4.97. The highest BCUT2D eigenvalue weighted by molar-refractivity contribution is 5.92. The molecular formula is C22H23N5O2. The quantitative estimate of drug-likeness (QED) is 0.519. The molecule has 0 spiro atoms. The molecule has 0 fully saturated rings. The number of imidazole rings is 1. The first-order valence-electron chi connectivity index (χ1n) is 9.88. The number of carbonyl (C=O) groups is 1. The molecule has 0 unspecified atom stereocenters. The summed E-state index contributed by atoms with van der Waals surface area (Å²) in [4.78, 5) is 36.4. The van der Waals surface area contributed by atoms with Crippen LogP contribution in [0.25, 0.3) is 33.1 Å². The maximum Gasteiger partial charge on any atom is 0.261 e.